The third-order valence-electron chi connectivity index (χ3n) is 2.18. The highest BCUT2D eigenvalue weighted by molar-refractivity contribution is 7.17. The van der Waals surface area contributed by atoms with Crippen molar-refractivity contribution < 1.29 is 4.42 Å². The molecule has 2 aromatic heterocycles. The van der Waals surface area contributed by atoms with Crippen molar-refractivity contribution in [1.82, 2.24) is 0 Å². The zero-order valence-corrected chi connectivity index (χ0v) is 7.60. The van der Waals surface area contributed by atoms with E-state index >= 15 is 0 Å². The van der Waals surface area contributed by atoms with Crippen LogP contribution in [0, 0.1) is 0 Å². The Balaban J connectivity index is 2.59. The molecule has 3 aromatic rings. The highest BCUT2D eigenvalue weighted by Gasteiger charge is 2.04. The third-order valence-corrected chi connectivity index (χ3v) is 3.06. The highest BCUT2D eigenvalue weighted by Crippen LogP contribution is 2.30. The number of nitrogen functional groups attached to an aromatic ring is 1. The first kappa shape index (κ1) is 6.97. The largest absolute Gasteiger partial charge is 0.462 e. The van der Waals surface area contributed by atoms with Gasteiger partial charge in [0.1, 0.15) is 11.8 Å². The number of anilines is 1. The molecule has 0 amide bonds. The van der Waals surface area contributed by atoms with Gasteiger partial charge in [-0.2, -0.15) is 0 Å². The van der Waals surface area contributed by atoms with Crippen molar-refractivity contribution in [3.8, 4) is 0 Å². The first-order valence-electron chi connectivity index (χ1n) is 3.98. The fourth-order valence-corrected chi connectivity index (χ4v) is 2.30. The molecule has 0 fully saturated rings. The molecule has 0 aliphatic rings. The Morgan fingerprint density at radius 3 is 3.15 bits per heavy atom. The zero-order chi connectivity index (χ0) is 8.84. The normalized spacial score (nSPS) is 11.4. The average Bonchev–Trinajstić information content (AvgIpc) is 2.70. The van der Waals surface area contributed by atoms with Gasteiger partial charge >= 0.3 is 0 Å². The summed E-state index contributed by atoms with van der Waals surface area (Å²) in [5.74, 6) is 0. The van der Waals surface area contributed by atoms with Crippen LogP contribution in [0.4, 0.5) is 5.69 Å². The lowest BCUT2D eigenvalue weighted by molar-refractivity contribution is 0.618. The van der Waals surface area contributed by atoms with E-state index in [1.54, 1.807) is 17.6 Å². The van der Waals surface area contributed by atoms with E-state index in [-0.39, 0.29) is 0 Å². The van der Waals surface area contributed by atoms with Gasteiger partial charge in [0.15, 0.2) is 0 Å². The number of rotatable bonds is 0. The van der Waals surface area contributed by atoms with Crippen molar-refractivity contribution in [2.75, 3.05) is 5.73 Å². The predicted molar refractivity (Wildman–Crippen MR) is 56.0 cm³/mol. The molecule has 0 saturated heterocycles. The lowest BCUT2D eigenvalue weighted by atomic mass is 10.2. The Hall–Kier alpha value is -1.48. The van der Waals surface area contributed by atoms with Crippen LogP contribution in [0.25, 0.3) is 21.1 Å². The van der Waals surface area contributed by atoms with Crippen molar-refractivity contribution in [2.45, 2.75) is 0 Å². The van der Waals surface area contributed by atoms with E-state index in [9.17, 15) is 0 Å². The number of fused-ring (bicyclic) bond motifs is 2. The maximum atomic E-state index is 5.75. The van der Waals surface area contributed by atoms with E-state index in [2.05, 4.69) is 17.5 Å². The number of nitrogens with two attached hydrogens (primary N) is 1. The molecule has 2 nitrogen and oxygen atoms in total. The minimum absolute atomic E-state index is 0.711. The topological polar surface area (TPSA) is 39.2 Å². The molecule has 3 heteroatoms. The zero-order valence-electron chi connectivity index (χ0n) is 6.78. The van der Waals surface area contributed by atoms with Gasteiger partial charge in [-0.3, -0.25) is 0 Å². The number of thiophene rings is 1. The summed E-state index contributed by atoms with van der Waals surface area (Å²) < 4.78 is 6.55. The number of hydrogen-bond acceptors (Lipinski definition) is 3. The Bertz CT molecular complexity index is 579. The van der Waals surface area contributed by atoms with Gasteiger partial charge in [-0.05, 0) is 29.0 Å². The summed E-state index contributed by atoms with van der Waals surface area (Å²) >= 11 is 1.71. The summed E-state index contributed by atoms with van der Waals surface area (Å²) in [6.07, 6.45) is 1.59. The molecule has 0 radical (unpaired) electrons. The van der Waals surface area contributed by atoms with E-state index in [4.69, 9.17) is 10.2 Å². The molecule has 0 unspecified atom stereocenters. The van der Waals surface area contributed by atoms with Crippen LogP contribution < -0.4 is 5.73 Å². The first-order valence-corrected chi connectivity index (χ1v) is 4.86. The molecule has 13 heavy (non-hydrogen) atoms. The van der Waals surface area contributed by atoms with Crippen LogP contribution in [0.1, 0.15) is 0 Å². The quantitative estimate of drug-likeness (QED) is 0.589. The maximum absolute atomic E-state index is 5.75. The minimum atomic E-state index is 0.711. The van der Waals surface area contributed by atoms with E-state index in [0.29, 0.717) is 5.69 Å². The van der Waals surface area contributed by atoms with Crippen LogP contribution in [-0.4, -0.2) is 0 Å². The fraction of sp³-hybridized carbons (Fsp3) is 0. The molecule has 0 bridgehead atoms. The molecule has 0 aliphatic heterocycles. The molecular weight excluding hydrogens is 182 g/mol. The standard InChI is InChI=1S/C10H7NOS/c11-8-5-12-9-4-10-6(1-2-13-10)3-7(8)9/h1-5H,11H2. The van der Waals surface area contributed by atoms with Crippen LogP contribution in [0.15, 0.2) is 34.3 Å². The summed E-state index contributed by atoms with van der Waals surface area (Å²) in [5.41, 5.74) is 7.32. The van der Waals surface area contributed by atoms with E-state index in [0.717, 1.165) is 11.0 Å². The van der Waals surface area contributed by atoms with Crippen molar-refractivity contribution >= 4 is 38.1 Å². The van der Waals surface area contributed by atoms with Crippen LogP contribution in [0.2, 0.25) is 0 Å². The summed E-state index contributed by atoms with van der Waals surface area (Å²) in [7, 11) is 0. The third kappa shape index (κ3) is 0.876. The summed E-state index contributed by atoms with van der Waals surface area (Å²) in [4.78, 5) is 0. The second-order valence-corrected chi connectivity index (χ2v) is 3.95. The van der Waals surface area contributed by atoms with Gasteiger partial charge < -0.3 is 10.2 Å². The molecule has 0 saturated carbocycles. The molecule has 0 spiro atoms. The van der Waals surface area contributed by atoms with E-state index in [1.165, 1.54) is 10.1 Å². The van der Waals surface area contributed by atoms with Crippen molar-refractivity contribution in [2.24, 2.45) is 0 Å². The molecule has 2 heterocycles. The lowest BCUT2D eigenvalue weighted by Gasteiger charge is -1.90. The average molecular weight is 189 g/mol. The fourth-order valence-electron chi connectivity index (χ4n) is 1.50. The maximum Gasteiger partial charge on any atom is 0.137 e. The number of hydrogen-bond donors (Lipinski definition) is 1. The summed E-state index contributed by atoms with van der Waals surface area (Å²) in [5, 5.41) is 4.30. The Morgan fingerprint density at radius 1 is 1.31 bits per heavy atom. The highest BCUT2D eigenvalue weighted by atomic mass is 32.1. The second-order valence-electron chi connectivity index (χ2n) is 3.00. The molecule has 0 aliphatic carbocycles. The van der Waals surface area contributed by atoms with E-state index in [1.807, 2.05) is 6.07 Å². The molecular formula is C10H7NOS. The predicted octanol–water partition coefficient (Wildman–Crippen LogP) is 3.23. The van der Waals surface area contributed by atoms with Crippen molar-refractivity contribution in [3.05, 3.63) is 29.8 Å². The van der Waals surface area contributed by atoms with Crippen molar-refractivity contribution in [1.29, 1.82) is 0 Å². The minimum Gasteiger partial charge on any atom is -0.462 e. The van der Waals surface area contributed by atoms with Gasteiger partial charge in [0, 0.05) is 10.1 Å². The first-order chi connectivity index (χ1) is 6.34. The molecule has 1 aromatic carbocycles. The van der Waals surface area contributed by atoms with Gasteiger partial charge in [0.25, 0.3) is 0 Å². The lowest BCUT2D eigenvalue weighted by Crippen LogP contribution is -1.79. The monoisotopic (exact) mass is 189 g/mol. The van der Waals surface area contributed by atoms with Gasteiger partial charge in [-0.15, -0.1) is 11.3 Å². The smallest absolute Gasteiger partial charge is 0.137 e. The summed E-state index contributed by atoms with van der Waals surface area (Å²) in [6, 6.07) is 6.19. The Morgan fingerprint density at radius 2 is 2.23 bits per heavy atom. The molecule has 64 valence electrons. The number of furan rings is 1. The van der Waals surface area contributed by atoms with Crippen LogP contribution >= 0.6 is 11.3 Å². The molecule has 0 atom stereocenters. The van der Waals surface area contributed by atoms with Gasteiger partial charge in [0.2, 0.25) is 0 Å². The van der Waals surface area contributed by atoms with Crippen LogP contribution in [-0.2, 0) is 0 Å². The molecule has 2 N–H and O–H groups in total. The Labute approximate surface area is 78.6 Å². The van der Waals surface area contributed by atoms with E-state index < -0.39 is 0 Å². The SMILES string of the molecule is Nc1coc2cc3sccc3cc12. The van der Waals surface area contributed by atoms with Crippen molar-refractivity contribution in [3.63, 3.8) is 0 Å². The molecule has 3 rings (SSSR count). The van der Waals surface area contributed by atoms with Crippen LogP contribution in [0.3, 0.4) is 0 Å². The van der Waals surface area contributed by atoms with Crippen LogP contribution in [0.5, 0.6) is 0 Å². The van der Waals surface area contributed by atoms with Gasteiger partial charge in [-0.25, -0.2) is 0 Å². The van der Waals surface area contributed by atoms with Gasteiger partial charge in [-0.1, -0.05) is 0 Å². The number of benzene rings is 1. The second kappa shape index (κ2) is 2.26. The van der Waals surface area contributed by atoms with Gasteiger partial charge in [0.05, 0.1) is 5.69 Å². The summed E-state index contributed by atoms with van der Waals surface area (Å²) in [6.45, 7) is 0. The Kier molecular flexibility index (Phi) is 1.21.